The molecule has 0 aromatic rings. The number of hydrogen-bond acceptors (Lipinski definition) is 4. The molecular formula is C4H10O2S2. The molecule has 0 fully saturated rings. The quantitative estimate of drug-likeness (QED) is 0.416. The molecule has 0 aliphatic rings. The van der Waals surface area contributed by atoms with Crippen LogP contribution in [-0.2, 0) is 0 Å². The molecular weight excluding hydrogens is 144 g/mol. The summed E-state index contributed by atoms with van der Waals surface area (Å²) in [5, 5.41) is 16.9. The minimum absolute atomic E-state index is 0.283. The molecule has 50 valence electrons. The van der Waals surface area contributed by atoms with Crippen molar-refractivity contribution >= 4 is 25.2 Å². The molecule has 2 nitrogen and oxygen atoms in total. The second kappa shape index (κ2) is 4.49. The number of hydrogen-bond donors (Lipinski definition) is 4. The SMILES string of the molecule is [2H]SC[C@@H](S)[C@H](O)CO. The largest absolute Gasteiger partial charge is 0.394 e. The topological polar surface area (TPSA) is 40.5 Å². The van der Waals surface area contributed by atoms with E-state index in [0.29, 0.717) is 5.75 Å². The first-order chi connectivity index (χ1) is 4.22. The van der Waals surface area contributed by atoms with Gasteiger partial charge >= 0.3 is 0 Å². The summed E-state index contributed by atoms with van der Waals surface area (Å²) in [7, 11) is 0. The van der Waals surface area contributed by atoms with Crippen molar-refractivity contribution in [3.63, 3.8) is 0 Å². The minimum Gasteiger partial charge on any atom is -0.394 e. The van der Waals surface area contributed by atoms with Gasteiger partial charge in [0.1, 0.15) is 1.12 Å². The molecule has 0 unspecified atom stereocenters. The monoisotopic (exact) mass is 155 g/mol. The van der Waals surface area contributed by atoms with E-state index in [1.165, 1.54) is 0 Å². The molecule has 0 heterocycles. The second-order valence-corrected chi connectivity index (χ2v) is 2.48. The normalized spacial score (nSPS) is 19.6. The molecule has 0 aliphatic heterocycles. The van der Waals surface area contributed by atoms with E-state index in [4.69, 9.17) is 11.3 Å². The van der Waals surface area contributed by atoms with Crippen LogP contribution < -0.4 is 0 Å². The van der Waals surface area contributed by atoms with Gasteiger partial charge < -0.3 is 10.2 Å². The third-order valence-electron chi connectivity index (χ3n) is 0.802. The van der Waals surface area contributed by atoms with E-state index in [1.54, 1.807) is 0 Å². The zero-order chi connectivity index (χ0) is 7.28. The van der Waals surface area contributed by atoms with Crippen molar-refractivity contribution < 1.29 is 10.2 Å². The van der Waals surface area contributed by atoms with Crippen molar-refractivity contribution in [2.45, 2.75) is 11.4 Å². The summed E-state index contributed by atoms with van der Waals surface area (Å²) in [6, 6.07) is 0. The molecule has 0 aliphatic carbocycles. The van der Waals surface area contributed by atoms with Gasteiger partial charge in [-0.25, -0.2) is 0 Å². The maximum Gasteiger partial charge on any atom is 0.102 e. The van der Waals surface area contributed by atoms with Crippen LogP contribution in [0.15, 0.2) is 0 Å². The predicted molar refractivity (Wildman–Crippen MR) is 39.7 cm³/mol. The van der Waals surface area contributed by atoms with Crippen molar-refractivity contribution in [3.8, 4) is 0 Å². The lowest BCUT2D eigenvalue weighted by Gasteiger charge is -2.11. The minimum atomic E-state index is -0.800. The van der Waals surface area contributed by atoms with Crippen LogP contribution in [0.2, 0.25) is 0 Å². The number of thiol groups is 2. The summed E-state index contributed by atoms with van der Waals surface area (Å²) in [6.07, 6.45) is -0.800. The molecule has 0 saturated carbocycles. The fourth-order valence-corrected chi connectivity index (χ4v) is 0.549. The smallest absolute Gasteiger partial charge is 0.102 e. The Bertz CT molecular complexity index is 73.6. The molecule has 0 bridgehead atoms. The number of rotatable bonds is 4. The Morgan fingerprint density at radius 3 is 2.75 bits per heavy atom. The number of aliphatic hydroxyl groups excluding tert-OH is 2. The maximum absolute atomic E-state index is 8.83. The first-order valence-electron chi connectivity index (χ1n) is 2.68. The fourth-order valence-electron chi connectivity index (χ4n) is 0.233. The van der Waals surface area contributed by atoms with Crippen LogP contribution >= 0.6 is 25.2 Å². The van der Waals surface area contributed by atoms with Gasteiger partial charge in [0.25, 0.3) is 0 Å². The summed E-state index contributed by atoms with van der Waals surface area (Å²) in [6.45, 7) is -0.283. The highest BCUT2D eigenvalue weighted by Crippen LogP contribution is 2.02. The van der Waals surface area contributed by atoms with Crippen LogP contribution in [0.25, 0.3) is 0 Å². The zero-order valence-electron chi connectivity index (χ0n) is 5.32. The van der Waals surface area contributed by atoms with Crippen LogP contribution in [0.3, 0.4) is 0 Å². The highest BCUT2D eigenvalue weighted by Gasteiger charge is 2.10. The predicted octanol–water partition coefficient (Wildman–Crippen LogP) is -0.432. The van der Waals surface area contributed by atoms with Crippen LogP contribution in [0.1, 0.15) is 0 Å². The highest BCUT2D eigenvalue weighted by molar-refractivity contribution is 7.84. The summed E-state index contributed by atoms with van der Waals surface area (Å²) >= 11 is 4.79. The first-order valence-corrected chi connectivity index (χ1v) is 3.36. The third kappa shape index (κ3) is 2.81. The van der Waals surface area contributed by atoms with E-state index in [1.807, 2.05) is 0 Å². The van der Waals surface area contributed by atoms with Crippen molar-refractivity contribution in [2.75, 3.05) is 12.4 Å². The molecule has 0 saturated heterocycles. The molecule has 0 aromatic heterocycles. The Labute approximate surface area is 60.8 Å². The average molecular weight is 155 g/mol. The number of aliphatic hydroxyl groups is 2. The Morgan fingerprint density at radius 1 is 1.75 bits per heavy atom. The molecule has 2 N–H and O–H groups in total. The van der Waals surface area contributed by atoms with E-state index in [9.17, 15) is 0 Å². The molecule has 2 atom stereocenters. The van der Waals surface area contributed by atoms with Gasteiger partial charge in [0, 0.05) is 11.0 Å². The summed E-state index contributed by atoms with van der Waals surface area (Å²) < 4.78 is 6.68. The van der Waals surface area contributed by atoms with Crippen molar-refractivity contribution in [1.29, 1.82) is 1.12 Å². The fraction of sp³-hybridized carbons (Fsp3) is 1.00. The van der Waals surface area contributed by atoms with E-state index in [-0.39, 0.29) is 11.9 Å². The van der Waals surface area contributed by atoms with Gasteiger partial charge in [-0.1, -0.05) is 0 Å². The lowest BCUT2D eigenvalue weighted by Crippen LogP contribution is -2.25. The van der Waals surface area contributed by atoms with Crippen molar-refractivity contribution in [2.24, 2.45) is 0 Å². The lowest BCUT2D eigenvalue weighted by atomic mass is 10.3. The van der Waals surface area contributed by atoms with Gasteiger partial charge in [-0.2, -0.15) is 25.2 Å². The van der Waals surface area contributed by atoms with E-state index >= 15 is 0 Å². The molecule has 0 amide bonds. The average Bonchev–Trinajstić information content (AvgIpc) is 1.87. The highest BCUT2D eigenvalue weighted by atomic mass is 32.1. The Balaban J connectivity index is 3.32. The van der Waals surface area contributed by atoms with E-state index in [2.05, 4.69) is 12.6 Å². The molecule has 4 heteroatoms. The molecule has 0 aromatic carbocycles. The van der Waals surface area contributed by atoms with E-state index in [0.717, 1.165) is 12.5 Å². The van der Waals surface area contributed by atoms with Gasteiger partial charge in [0.15, 0.2) is 0 Å². The van der Waals surface area contributed by atoms with Gasteiger partial charge in [-0.15, -0.1) is 0 Å². The van der Waals surface area contributed by atoms with Crippen molar-refractivity contribution in [1.82, 2.24) is 0 Å². The first kappa shape index (κ1) is 6.74. The van der Waals surface area contributed by atoms with Crippen LogP contribution in [0, 0.1) is 0 Å². The zero-order valence-corrected chi connectivity index (χ0v) is 6.03. The maximum atomic E-state index is 8.83. The summed E-state index contributed by atoms with van der Waals surface area (Å²) in [4.78, 5) is 0. The van der Waals surface area contributed by atoms with E-state index < -0.39 is 6.10 Å². The second-order valence-electron chi connectivity index (χ2n) is 1.48. The van der Waals surface area contributed by atoms with Gasteiger partial charge in [0.05, 0.1) is 12.7 Å². The lowest BCUT2D eigenvalue weighted by molar-refractivity contribution is 0.0978. The molecule has 0 spiro atoms. The molecule has 8 heavy (non-hydrogen) atoms. The Morgan fingerprint density at radius 2 is 2.38 bits per heavy atom. The standard InChI is InChI=1S/C4H10O2S2/c5-1-3(6)4(8)2-7/h3-8H,1-2H2/t3-,4-/m1/s1/i/hD. The van der Waals surface area contributed by atoms with Gasteiger partial charge in [-0.05, 0) is 0 Å². The summed E-state index contributed by atoms with van der Waals surface area (Å²) in [5.41, 5.74) is 0. The Kier molecular flexibility index (Phi) is 3.78. The summed E-state index contributed by atoms with van der Waals surface area (Å²) in [5.74, 6) is 0.435. The van der Waals surface area contributed by atoms with Gasteiger partial charge in [-0.3, -0.25) is 0 Å². The van der Waals surface area contributed by atoms with Crippen LogP contribution in [0.4, 0.5) is 0 Å². The van der Waals surface area contributed by atoms with Crippen LogP contribution in [-0.4, -0.2) is 35.1 Å². The van der Waals surface area contributed by atoms with Crippen LogP contribution in [0.5, 0.6) is 0 Å². The van der Waals surface area contributed by atoms with Crippen molar-refractivity contribution in [3.05, 3.63) is 0 Å². The Hall–Kier alpha value is 0.620. The molecule has 0 radical (unpaired) electrons. The third-order valence-corrected chi connectivity index (χ3v) is 1.93. The molecule has 0 rings (SSSR count). The van der Waals surface area contributed by atoms with Gasteiger partial charge in [0.2, 0.25) is 0 Å².